The molecular formula is C21H26Cl2N4O3S. The molecule has 1 aromatic carbocycles. The Balaban J connectivity index is 2.03. The van der Waals surface area contributed by atoms with Gasteiger partial charge in [0.15, 0.2) is 5.13 Å². The van der Waals surface area contributed by atoms with E-state index in [9.17, 15) is 14.4 Å². The molecule has 0 unspecified atom stereocenters. The van der Waals surface area contributed by atoms with Crippen molar-refractivity contribution in [3.05, 3.63) is 44.9 Å². The number of carbonyl (C=O) groups is 3. The van der Waals surface area contributed by atoms with Gasteiger partial charge in [-0.1, -0.05) is 23.2 Å². The first kappa shape index (κ1) is 25.1. The van der Waals surface area contributed by atoms with E-state index in [1.165, 1.54) is 22.3 Å². The Bertz CT molecular complexity index is 944. The van der Waals surface area contributed by atoms with Gasteiger partial charge in [-0.25, -0.2) is 4.98 Å². The van der Waals surface area contributed by atoms with Gasteiger partial charge >= 0.3 is 0 Å². The molecule has 0 saturated heterocycles. The molecule has 0 bridgehead atoms. The lowest BCUT2D eigenvalue weighted by atomic mass is 10.1. The van der Waals surface area contributed by atoms with Gasteiger partial charge < -0.3 is 15.1 Å². The Morgan fingerprint density at radius 2 is 1.84 bits per heavy atom. The van der Waals surface area contributed by atoms with E-state index in [1.54, 1.807) is 22.4 Å². The number of hydrogen-bond acceptors (Lipinski definition) is 5. The van der Waals surface area contributed by atoms with Crippen molar-refractivity contribution in [3.8, 4) is 0 Å². The molecule has 0 fully saturated rings. The molecule has 0 aliphatic carbocycles. The molecule has 2 rings (SSSR count). The minimum Gasteiger partial charge on any atom is -0.343 e. The van der Waals surface area contributed by atoms with Crippen molar-refractivity contribution in [1.29, 1.82) is 0 Å². The average molecular weight is 485 g/mol. The van der Waals surface area contributed by atoms with Crippen LogP contribution in [0.5, 0.6) is 0 Å². The Morgan fingerprint density at radius 1 is 1.16 bits per heavy atom. The van der Waals surface area contributed by atoms with E-state index in [2.05, 4.69) is 10.3 Å². The average Bonchev–Trinajstić information content (AvgIpc) is 3.13. The lowest BCUT2D eigenvalue weighted by molar-refractivity contribution is -0.130. The van der Waals surface area contributed by atoms with Crippen LogP contribution in [0.3, 0.4) is 0 Å². The highest BCUT2D eigenvalue weighted by atomic mass is 35.5. The highest BCUT2D eigenvalue weighted by Crippen LogP contribution is 2.23. The highest BCUT2D eigenvalue weighted by molar-refractivity contribution is 7.13. The van der Waals surface area contributed by atoms with Crippen LogP contribution in [-0.2, 0) is 16.0 Å². The Morgan fingerprint density at radius 3 is 2.42 bits per heavy atom. The van der Waals surface area contributed by atoms with Crippen LogP contribution in [-0.4, -0.2) is 58.2 Å². The number of nitrogens with one attached hydrogen (secondary N) is 1. The zero-order valence-corrected chi connectivity index (χ0v) is 20.3. The van der Waals surface area contributed by atoms with Crippen LogP contribution in [0.2, 0.25) is 10.0 Å². The van der Waals surface area contributed by atoms with Gasteiger partial charge in [0.25, 0.3) is 5.91 Å². The van der Waals surface area contributed by atoms with E-state index in [1.807, 2.05) is 27.7 Å². The lowest BCUT2D eigenvalue weighted by Gasteiger charge is -2.26. The number of rotatable bonds is 9. The Labute approximate surface area is 196 Å². The zero-order valence-electron chi connectivity index (χ0n) is 17.9. The summed E-state index contributed by atoms with van der Waals surface area (Å²) in [5.41, 5.74) is 0.876. The number of amides is 3. The highest BCUT2D eigenvalue weighted by Gasteiger charge is 2.24. The van der Waals surface area contributed by atoms with E-state index in [4.69, 9.17) is 23.2 Å². The van der Waals surface area contributed by atoms with Crippen LogP contribution in [0.15, 0.2) is 23.6 Å². The first-order valence-electron chi connectivity index (χ1n) is 9.94. The van der Waals surface area contributed by atoms with Crippen LogP contribution >= 0.6 is 34.5 Å². The molecule has 31 heavy (non-hydrogen) atoms. The van der Waals surface area contributed by atoms with Gasteiger partial charge in [-0.3, -0.25) is 14.4 Å². The van der Waals surface area contributed by atoms with Crippen LogP contribution in [0.4, 0.5) is 5.13 Å². The molecule has 0 spiro atoms. The smallest absolute Gasteiger partial charge is 0.256 e. The normalized spacial score (nSPS) is 10.8. The van der Waals surface area contributed by atoms with Crippen molar-refractivity contribution in [2.75, 3.05) is 25.0 Å². The number of halogens is 2. The number of benzene rings is 1. The van der Waals surface area contributed by atoms with Crippen LogP contribution in [0, 0.1) is 0 Å². The maximum Gasteiger partial charge on any atom is 0.256 e. The van der Waals surface area contributed by atoms with Crippen molar-refractivity contribution in [2.45, 2.75) is 40.2 Å². The van der Waals surface area contributed by atoms with Crippen molar-refractivity contribution >= 4 is 57.4 Å². The summed E-state index contributed by atoms with van der Waals surface area (Å²) in [5, 5.41) is 5.49. The summed E-state index contributed by atoms with van der Waals surface area (Å²) in [6.07, 6.45) is 0.180. The van der Waals surface area contributed by atoms with Gasteiger partial charge in [0, 0.05) is 29.5 Å². The number of carbonyl (C=O) groups excluding carboxylic acids is 3. The van der Waals surface area contributed by atoms with E-state index in [0.29, 0.717) is 28.9 Å². The number of aromatic nitrogens is 1. The van der Waals surface area contributed by atoms with E-state index in [-0.39, 0.29) is 47.3 Å². The van der Waals surface area contributed by atoms with Gasteiger partial charge in [-0.15, -0.1) is 11.3 Å². The third-order valence-electron chi connectivity index (χ3n) is 4.61. The van der Waals surface area contributed by atoms with Gasteiger partial charge in [-0.05, 0) is 45.9 Å². The molecule has 168 valence electrons. The van der Waals surface area contributed by atoms with Gasteiger partial charge in [0.2, 0.25) is 11.8 Å². The summed E-state index contributed by atoms with van der Waals surface area (Å²) < 4.78 is 0. The number of thiazole rings is 1. The van der Waals surface area contributed by atoms with E-state index in [0.717, 1.165) is 0 Å². The molecule has 0 radical (unpaired) electrons. The van der Waals surface area contributed by atoms with E-state index >= 15 is 0 Å². The molecule has 0 atom stereocenters. The van der Waals surface area contributed by atoms with Crippen LogP contribution in [0.25, 0.3) is 0 Å². The third-order valence-corrected chi connectivity index (χ3v) is 5.96. The second-order valence-corrected chi connectivity index (χ2v) is 8.79. The largest absolute Gasteiger partial charge is 0.343 e. The molecule has 1 N–H and O–H groups in total. The quantitative estimate of drug-likeness (QED) is 0.573. The molecule has 3 amide bonds. The molecule has 0 aliphatic heterocycles. The molecule has 10 heteroatoms. The van der Waals surface area contributed by atoms with Crippen molar-refractivity contribution in [3.63, 3.8) is 0 Å². The fourth-order valence-electron chi connectivity index (χ4n) is 2.91. The predicted octanol–water partition coefficient (Wildman–Crippen LogP) is 4.35. The van der Waals surface area contributed by atoms with Crippen molar-refractivity contribution < 1.29 is 14.4 Å². The first-order valence-corrected chi connectivity index (χ1v) is 11.6. The maximum absolute atomic E-state index is 12.9. The third kappa shape index (κ3) is 6.92. The zero-order chi connectivity index (χ0) is 23.1. The van der Waals surface area contributed by atoms with Crippen molar-refractivity contribution in [1.82, 2.24) is 14.8 Å². The molecule has 7 nitrogen and oxygen atoms in total. The number of likely N-dealkylation sites (N-methyl/N-ethyl adjacent to an activating group) is 1. The molecular weight excluding hydrogens is 459 g/mol. The minimum absolute atomic E-state index is 0.00963. The summed E-state index contributed by atoms with van der Waals surface area (Å²) in [7, 11) is 0. The standard InChI is InChI=1S/C21H26Cl2N4O3S/c1-5-26(6-2)19(29)10-15-12-31-21(24-15)25-18(28)11-27(13(3)4)20(30)16-8-7-14(22)9-17(16)23/h7-9,12-13H,5-6,10-11H2,1-4H3,(H,24,25,28). The minimum atomic E-state index is -0.386. The molecule has 0 saturated carbocycles. The van der Waals surface area contributed by atoms with Crippen molar-refractivity contribution in [2.24, 2.45) is 0 Å². The Hall–Kier alpha value is -2.16. The first-order chi connectivity index (χ1) is 14.7. The summed E-state index contributed by atoms with van der Waals surface area (Å²) in [6, 6.07) is 4.38. The lowest BCUT2D eigenvalue weighted by Crippen LogP contribution is -2.42. The summed E-state index contributed by atoms with van der Waals surface area (Å²) in [6.45, 7) is 8.59. The second-order valence-electron chi connectivity index (χ2n) is 7.09. The molecule has 2 aromatic rings. The molecule has 1 heterocycles. The topological polar surface area (TPSA) is 82.6 Å². The summed E-state index contributed by atoms with van der Waals surface area (Å²) >= 11 is 13.3. The number of anilines is 1. The maximum atomic E-state index is 12.9. The Kier molecular flexibility index (Phi) is 9.28. The molecule has 0 aliphatic rings. The van der Waals surface area contributed by atoms with Crippen LogP contribution < -0.4 is 5.32 Å². The second kappa shape index (κ2) is 11.5. The fraction of sp³-hybridized carbons (Fsp3) is 0.429. The number of hydrogen-bond donors (Lipinski definition) is 1. The van der Waals surface area contributed by atoms with Gasteiger partial charge in [0.05, 0.1) is 22.7 Å². The van der Waals surface area contributed by atoms with E-state index < -0.39 is 0 Å². The molecule has 1 aromatic heterocycles. The van der Waals surface area contributed by atoms with Gasteiger partial charge in [0.1, 0.15) is 6.54 Å². The summed E-state index contributed by atoms with van der Waals surface area (Å²) in [4.78, 5) is 45.2. The predicted molar refractivity (Wildman–Crippen MR) is 125 cm³/mol. The summed E-state index contributed by atoms with van der Waals surface area (Å²) in [5.74, 6) is -0.760. The fourth-order valence-corrected chi connectivity index (χ4v) is 4.12. The SMILES string of the molecule is CCN(CC)C(=O)Cc1csc(NC(=O)CN(C(=O)c2ccc(Cl)cc2Cl)C(C)C)n1. The van der Waals surface area contributed by atoms with Gasteiger partial charge in [-0.2, -0.15) is 0 Å². The van der Waals surface area contributed by atoms with Crippen LogP contribution in [0.1, 0.15) is 43.7 Å². The number of nitrogens with zero attached hydrogens (tertiary/aromatic N) is 3. The monoisotopic (exact) mass is 484 g/mol.